The zero-order valence-electron chi connectivity index (χ0n) is 17.7. The minimum absolute atomic E-state index is 0.112. The van der Waals surface area contributed by atoms with Crippen molar-refractivity contribution in [1.29, 1.82) is 0 Å². The summed E-state index contributed by atoms with van der Waals surface area (Å²) in [6, 6.07) is 16.2. The maximum atomic E-state index is 14.0. The molecule has 0 radical (unpaired) electrons. The van der Waals surface area contributed by atoms with Crippen molar-refractivity contribution in [2.24, 2.45) is 0 Å². The van der Waals surface area contributed by atoms with Crippen molar-refractivity contribution in [3.8, 4) is 0 Å². The molecule has 0 spiro atoms. The highest BCUT2D eigenvalue weighted by atomic mass is 19.1. The van der Waals surface area contributed by atoms with Crippen LogP contribution in [0.1, 0.15) is 21.5 Å². The highest BCUT2D eigenvalue weighted by Gasteiger charge is 2.25. The molecule has 0 aliphatic carbocycles. The van der Waals surface area contributed by atoms with Crippen LogP contribution in [0.5, 0.6) is 0 Å². The third kappa shape index (κ3) is 4.86. The highest BCUT2D eigenvalue weighted by molar-refractivity contribution is 5.93. The molecule has 1 N–H and O–H groups in total. The number of hydrogen-bond acceptors (Lipinski definition) is 4. The number of nitrogens with zero attached hydrogens (tertiary/aromatic N) is 3. The number of carbonyl (C=O) groups excluding carboxylic acids is 1. The van der Waals surface area contributed by atoms with E-state index in [4.69, 9.17) is 0 Å². The van der Waals surface area contributed by atoms with Crippen LogP contribution in [0.25, 0.3) is 0 Å². The van der Waals surface area contributed by atoms with Crippen LogP contribution in [0.15, 0.2) is 70.4 Å². The van der Waals surface area contributed by atoms with Gasteiger partial charge in [-0.2, -0.15) is 0 Å². The smallest absolute Gasteiger partial charge is 0.328 e. The average molecular weight is 436 g/mol. The third-order valence-corrected chi connectivity index (χ3v) is 5.80. The predicted molar refractivity (Wildman–Crippen MR) is 119 cm³/mol. The van der Waals surface area contributed by atoms with Gasteiger partial charge in [-0.05, 0) is 18.1 Å². The zero-order chi connectivity index (χ0) is 22.5. The second-order valence-corrected chi connectivity index (χ2v) is 7.86. The van der Waals surface area contributed by atoms with Gasteiger partial charge in [-0.3, -0.25) is 19.1 Å². The minimum atomic E-state index is -0.714. The Morgan fingerprint density at radius 3 is 2.34 bits per heavy atom. The predicted octanol–water partition coefficient (Wildman–Crippen LogP) is 1.72. The molecule has 32 heavy (non-hydrogen) atoms. The van der Waals surface area contributed by atoms with Crippen LogP contribution < -0.4 is 11.2 Å². The number of aromatic amines is 1. The molecular weight excluding hydrogens is 411 g/mol. The van der Waals surface area contributed by atoms with Crippen molar-refractivity contribution >= 4 is 5.91 Å². The van der Waals surface area contributed by atoms with Crippen molar-refractivity contribution in [2.75, 3.05) is 32.7 Å². The topological polar surface area (TPSA) is 78.4 Å². The van der Waals surface area contributed by atoms with Crippen LogP contribution >= 0.6 is 0 Å². The number of benzene rings is 2. The Balaban J connectivity index is 1.42. The van der Waals surface area contributed by atoms with Gasteiger partial charge in [0, 0.05) is 44.5 Å². The molecule has 0 atom stereocenters. The fraction of sp³-hybridized carbons (Fsp3) is 0.292. The number of carbonyl (C=O) groups is 1. The van der Waals surface area contributed by atoms with E-state index in [9.17, 15) is 18.8 Å². The first kappa shape index (κ1) is 21.7. The van der Waals surface area contributed by atoms with Crippen molar-refractivity contribution in [1.82, 2.24) is 19.4 Å². The van der Waals surface area contributed by atoms with Gasteiger partial charge in [0.15, 0.2) is 0 Å². The summed E-state index contributed by atoms with van der Waals surface area (Å²) in [5.74, 6) is -0.932. The normalized spacial score (nSPS) is 14.5. The van der Waals surface area contributed by atoms with E-state index >= 15 is 0 Å². The standard InChI is InChI=1S/C24H25FN4O3/c25-21-9-5-4-8-19(21)17-29-23(31)20(16-26-24(29)32)22(30)28-14-12-27(13-15-28)11-10-18-6-2-1-3-7-18/h1-9,16H,10-15,17H2,(H,26,32). The molecule has 0 saturated carbocycles. The number of H-pyrrole nitrogens is 1. The molecule has 1 saturated heterocycles. The Morgan fingerprint density at radius 2 is 1.62 bits per heavy atom. The van der Waals surface area contributed by atoms with Crippen LogP contribution in [0.3, 0.4) is 0 Å². The van der Waals surface area contributed by atoms with E-state index in [1.165, 1.54) is 23.8 Å². The number of amides is 1. The minimum Gasteiger partial charge on any atom is -0.336 e. The average Bonchev–Trinajstić information content (AvgIpc) is 2.82. The number of hydrogen-bond donors (Lipinski definition) is 1. The van der Waals surface area contributed by atoms with Gasteiger partial charge in [-0.25, -0.2) is 9.18 Å². The van der Waals surface area contributed by atoms with E-state index in [2.05, 4.69) is 22.0 Å². The van der Waals surface area contributed by atoms with E-state index in [0.29, 0.717) is 26.2 Å². The first-order valence-corrected chi connectivity index (χ1v) is 10.6. The van der Waals surface area contributed by atoms with Crippen molar-refractivity contribution in [2.45, 2.75) is 13.0 Å². The molecule has 4 rings (SSSR count). The second-order valence-electron chi connectivity index (χ2n) is 7.86. The van der Waals surface area contributed by atoms with E-state index in [-0.39, 0.29) is 17.7 Å². The summed E-state index contributed by atoms with van der Waals surface area (Å²) in [6.45, 7) is 3.09. The molecule has 1 fully saturated rings. The van der Waals surface area contributed by atoms with Crippen LogP contribution in [-0.2, 0) is 13.0 Å². The summed E-state index contributed by atoms with van der Waals surface area (Å²) in [5.41, 5.74) is -0.0286. The van der Waals surface area contributed by atoms with Gasteiger partial charge in [-0.15, -0.1) is 0 Å². The molecule has 0 unspecified atom stereocenters. The monoisotopic (exact) mass is 436 g/mol. The highest BCUT2D eigenvalue weighted by Crippen LogP contribution is 2.09. The summed E-state index contributed by atoms with van der Waals surface area (Å²) in [7, 11) is 0. The molecule has 3 aromatic rings. The summed E-state index contributed by atoms with van der Waals surface area (Å²) in [5, 5.41) is 0. The summed E-state index contributed by atoms with van der Waals surface area (Å²) in [6.07, 6.45) is 2.10. The lowest BCUT2D eigenvalue weighted by molar-refractivity contribution is 0.0635. The number of halogens is 1. The zero-order valence-corrected chi connectivity index (χ0v) is 17.7. The van der Waals surface area contributed by atoms with Crippen LogP contribution in [0.2, 0.25) is 0 Å². The summed E-state index contributed by atoms with van der Waals surface area (Å²) >= 11 is 0. The molecule has 2 aromatic carbocycles. The van der Waals surface area contributed by atoms with E-state index in [1.54, 1.807) is 11.0 Å². The molecule has 1 amide bonds. The van der Waals surface area contributed by atoms with Gasteiger partial charge in [0.1, 0.15) is 11.4 Å². The van der Waals surface area contributed by atoms with E-state index in [0.717, 1.165) is 23.7 Å². The molecule has 1 aromatic heterocycles. The molecule has 2 heterocycles. The van der Waals surface area contributed by atoms with Gasteiger partial charge in [0.2, 0.25) is 0 Å². The Hall–Kier alpha value is -3.52. The van der Waals surface area contributed by atoms with Gasteiger partial charge in [0.25, 0.3) is 11.5 Å². The molecule has 1 aliphatic rings. The summed E-state index contributed by atoms with van der Waals surface area (Å²) < 4.78 is 14.9. The fourth-order valence-corrected chi connectivity index (χ4v) is 3.88. The quantitative estimate of drug-likeness (QED) is 0.638. The van der Waals surface area contributed by atoms with Crippen LogP contribution in [0.4, 0.5) is 4.39 Å². The maximum Gasteiger partial charge on any atom is 0.328 e. The molecule has 7 nitrogen and oxygen atoms in total. The van der Waals surface area contributed by atoms with Crippen molar-refractivity contribution in [3.63, 3.8) is 0 Å². The van der Waals surface area contributed by atoms with Crippen LogP contribution in [-0.4, -0.2) is 58.0 Å². The Bertz CT molecular complexity index is 1200. The van der Waals surface area contributed by atoms with Crippen molar-refractivity contribution < 1.29 is 9.18 Å². The number of rotatable bonds is 6. The number of piperazine rings is 1. The van der Waals surface area contributed by atoms with Gasteiger partial charge < -0.3 is 9.88 Å². The van der Waals surface area contributed by atoms with Gasteiger partial charge in [0.05, 0.1) is 6.54 Å². The Kier molecular flexibility index (Phi) is 6.61. The summed E-state index contributed by atoms with van der Waals surface area (Å²) in [4.78, 5) is 44.4. The SMILES string of the molecule is O=C(c1c[nH]c(=O)n(Cc2ccccc2F)c1=O)N1CCN(CCc2ccccc2)CC1. The first-order valence-electron chi connectivity index (χ1n) is 10.6. The lowest BCUT2D eigenvalue weighted by atomic mass is 10.1. The Labute approximate surface area is 184 Å². The molecule has 166 valence electrons. The number of nitrogens with one attached hydrogen (secondary N) is 1. The molecule has 0 bridgehead atoms. The Morgan fingerprint density at radius 1 is 0.938 bits per heavy atom. The van der Waals surface area contributed by atoms with Crippen molar-refractivity contribution in [3.05, 3.63) is 104 Å². The van der Waals surface area contributed by atoms with E-state index < -0.39 is 23.0 Å². The second kappa shape index (κ2) is 9.74. The third-order valence-electron chi connectivity index (χ3n) is 5.80. The van der Waals surface area contributed by atoms with E-state index in [1.807, 2.05) is 18.2 Å². The molecule has 1 aliphatic heterocycles. The number of aromatic nitrogens is 2. The lowest BCUT2D eigenvalue weighted by Crippen LogP contribution is -2.50. The lowest BCUT2D eigenvalue weighted by Gasteiger charge is -2.34. The fourth-order valence-electron chi connectivity index (χ4n) is 3.88. The molecular formula is C24H25FN4O3. The van der Waals surface area contributed by atoms with Gasteiger partial charge in [-0.1, -0.05) is 48.5 Å². The largest absolute Gasteiger partial charge is 0.336 e. The molecule has 8 heteroatoms. The first-order chi connectivity index (χ1) is 15.5. The van der Waals surface area contributed by atoms with Gasteiger partial charge >= 0.3 is 5.69 Å². The maximum absolute atomic E-state index is 14.0. The van der Waals surface area contributed by atoms with Crippen LogP contribution in [0, 0.1) is 5.82 Å².